The number of halogens is 1. The number of rotatable bonds is 2. The first kappa shape index (κ1) is 14.6. The van der Waals surface area contributed by atoms with E-state index in [0.717, 1.165) is 16.6 Å². The van der Waals surface area contributed by atoms with Crippen LogP contribution in [0.5, 0.6) is 0 Å². The summed E-state index contributed by atoms with van der Waals surface area (Å²) in [4.78, 5) is 13.8. The molecule has 1 aliphatic heterocycles. The van der Waals surface area contributed by atoms with Gasteiger partial charge in [0.05, 0.1) is 0 Å². The Balaban J connectivity index is 1.98. The molecule has 2 aliphatic rings. The first-order valence-electron chi connectivity index (χ1n) is 7.65. The minimum absolute atomic E-state index is 0.507. The van der Waals surface area contributed by atoms with Gasteiger partial charge in [0, 0.05) is 28.3 Å². The van der Waals surface area contributed by atoms with Crippen LogP contribution in [0.15, 0.2) is 28.2 Å². The fourth-order valence-electron chi connectivity index (χ4n) is 3.46. The molecular formula is C17H20BrNO2. The molecule has 21 heavy (non-hydrogen) atoms. The Hall–Kier alpha value is -1.29. The van der Waals surface area contributed by atoms with Gasteiger partial charge in [0.2, 0.25) is 0 Å². The van der Waals surface area contributed by atoms with Crippen molar-refractivity contribution in [2.75, 3.05) is 11.4 Å². The van der Waals surface area contributed by atoms with Crippen LogP contribution in [0.4, 0.5) is 5.69 Å². The molecule has 112 valence electrons. The minimum Gasteiger partial charge on any atom is -0.478 e. The number of carboxylic acids is 1. The van der Waals surface area contributed by atoms with E-state index in [4.69, 9.17) is 0 Å². The third-order valence-electron chi connectivity index (χ3n) is 4.54. The van der Waals surface area contributed by atoms with Gasteiger partial charge in [0.1, 0.15) is 0 Å². The van der Waals surface area contributed by atoms with E-state index in [1.165, 1.54) is 37.8 Å². The van der Waals surface area contributed by atoms with Gasteiger partial charge >= 0.3 is 5.97 Å². The molecule has 0 amide bonds. The average Bonchev–Trinajstić information content (AvgIpc) is 2.67. The second-order valence-electron chi connectivity index (χ2n) is 5.91. The Labute approximate surface area is 133 Å². The van der Waals surface area contributed by atoms with E-state index in [9.17, 15) is 9.90 Å². The summed E-state index contributed by atoms with van der Waals surface area (Å²) in [5.41, 5.74) is 2.71. The molecule has 1 saturated carbocycles. The first-order chi connectivity index (χ1) is 10.1. The van der Waals surface area contributed by atoms with Crippen LogP contribution >= 0.6 is 15.9 Å². The quantitative estimate of drug-likeness (QED) is 0.856. The van der Waals surface area contributed by atoms with Crippen LogP contribution in [0.2, 0.25) is 0 Å². The third-order valence-corrected chi connectivity index (χ3v) is 5.03. The summed E-state index contributed by atoms with van der Waals surface area (Å²) in [5.74, 6) is -0.800. The van der Waals surface area contributed by atoms with E-state index in [-0.39, 0.29) is 0 Å². The first-order valence-corrected chi connectivity index (χ1v) is 8.44. The van der Waals surface area contributed by atoms with Gasteiger partial charge in [-0.3, -0.25) is 0 Å². The number of nitrogens with zero attached hydrogens (tertiary/aromatic N) is 1. The second-order valence-corrected chi connectivity index (χ2v) is 6.83. The van der Waals surface area contributed by atoms with Crippen molar-refractivity contribution in [1.29, 1.82) is 0 Å². The Morgan fingerprint density at radius 2 is 2.00 bits per heavy atom. The van der Waals surface area contributed by atoms with Crippen molar-refractivity contribution in [3.8, 4) is 0 Å². The highest BCUT2D eigenvalue weighted by Gasteiger charge is 2.26. The monoisotopic (exact) mass is 349 g/mol. The predicted octanol–water partition coefficient (Wildman–Crippen LogP) is 4.46. The molecule has 0 spiro atoms. The Kier molecular flexibility index (Phi) is 4.34. The number of carboxylic acid groups (broad SMARTS) is 1. The van der Waals surface area contributed by atoms with Gasteiger partial charge in [0.25, 0.3) is 0 Å². The van der Waals surface area contributed by atoms with E-state index < -0.39 is 5.97 Å². The molecule has 4 heteroatoms. The van der Waals surface area contributed by atoms with Gasteiger partial charge in [0.15, 0.2) is 0 Å². The lowest BCUT2D eigenvalue weighted by Gasteiger charge is -2.36. The molecule has 1 aromatic rings. The molecule has 0 radical (unpaired) electrons. The molecule has 1 aliphatic carbocycles. The fourth-order valence-corrected chi connectivity index (χ4v) is 3.84. The highest BCUT2D eigenvalue weighted by Crippen LogP contribution is 2.35. The van der Waals surface area contributed by atoms with Crippen molar-refractivity contribution in [2.45, 2.75) is 44.6 Å². The number of benzene rings is 1. The van der Waals surface area contributed by atoms with Crippen molar-refractivity contribution in [3.05, 3.63) is 33.8 Å². The van der Waals surface area contributed by atoms with E-state index in [1.807, 2.05) is 18.2 Å². The van der Waals surface area contributed by atoms with Crippen molar-refractivity contribution in [2.24, 2.45) is 0 Å². The molecule has 3 rings (SSSR count). The number of carbonyl (C=O) groups is 1. The predicted molar refractivity (Wildman–Crippen MR) is 88.6 cm³/mol. The lowest BCUT2D eigenvalue weighted by Crippen LogP contribution is -2.37. The zero-order valence-corrected chi connectivity index (χ0v) is 13.6. The Morgan fingerprint density at radius 1 is 1.24 bits per heavy atom. The highest BCUT2D eigenvalue weighted by atomic mass is 79.9. The van der Waals surface area contributed by atoms with Gasteiger partial charge in [-0.2, -0.15) is 0 Å². The number of hydrogen-bond acceptors (Lipinski definition) is 2. The molecule has 0 unspecified atom stereocenters. The smallest absolute Gasteiger partial charge is 0.331 e. The zero-order valence-electron chi connectivity index (χ0n) is 12.0. The van der Waals surface area contributed by atoms with E-state index in [1.54, 1.807) is 0 Å². The molecular weight excluding hydrogens is 330 g/mol. The van der Waals surface area contributed by atoms with Gasteiger partial charge in [-0.25, -0.2) is 4.79 Å². The molecule has 0 bridgehead atoms. The van der Waals surface area contributed by atoms with Crippen LogP contribution < -0.4 is 4.90 Å². The molecule has 0 atom stereocenters. The van der Waals surface area contributed by atoms with Crippen LogP contribution in [-0.2, 0) is 4.79 Å². The summed E-state index contributed by atoms with van der Waals surface area (Å²) >= 11 is 3.49. The normalized spacial score (nSPS) is 19.7. The summed E-state index contributed by atoms with van der Waals surface area (Å²) in [5, 5.41) is 9.36. The molecule has 0 saturated heterocycles. The molecule has 1 fully saturated rings. The maximum Gasteiger partial charge on any atom is 0.331 e. The van der Waals surface area contributed by atoms with E-state index >= 15 is 0 Å². The number of anilines is 1. The molecule has 1 N–H and O–H groups in total. The maximum absolute atomic E-state index is 11.4. The second kappa shape index (κ2) is 6.22. The molecule has 1 aromatic carbocycles. The lowest BCUT2D eigenvalue weighted by atomic mass is 9.93. The summed E-state index contributed by atoms with van der Waals surface area (Å²) in [6, 6.07) is 6.75. The van der Waals surface area contributed by atoms with Crippen molar-refractivity contribution in [3.63, 3.8) is 0 Å². The zero-order chi connectivity index (χ0) is 14.8. The van der Waals surface area contributed by atoms with E-state index in [2.05, 4.69) is 26.9 Å². The minimum atomic E-state index is -0.800. The summed E-state index contributed by atoms with van der Waals surface area (Å²) in [6.07, 6.45) is 8.79. The SMILES string of the molecule is O=C(O)C1=Cc2cc(Br)ccc2N(C2CCCCC2)CC1. The van der Waals surface area contributed by atoms with Crippen molar-refractivity contribution < 1.29 is 9.90 Å². The van der Waals surface area contributed by atoms with Crippen LogP contribution in [0.3, 0.4) is 0 Å². The van der Waals surface area contributed by atoms with Crippen LogP contribution in [0.1, 0.15) is 44.1 Å². The van der Waals surface area contributed by atoms with Crippen LogP contribution in [0.25, 0.3) is 6.08 Å². The maximum atomic E-state index is 11.4. The Morgan fingerprint density at radius 3 is 2.71 bits per heavy atom. The number of hydrogen-bond donors (Lipinski definition) is 1. The highest BCUT2D eigenvalue weighted by molar-refractivity contribution is 9.10. The van der Waals surface area contributed by atoms with Crippen LogP contribution in [-0.4, -0.2) is 23.7 Å². The van der Waals surface area contributed by atoms with E-state index in [0.29, 0.717) is 18.0 Å². The Bertz CT molecular complexity index is 576. The van der Waals surface area contributed by atoms with Gasteiger partial charge in [-0.05, 0) is 49.1 Å². The van der Waals surface area contributed by atoms with Gasteiger partial charge in [-0.1, -0.05) is 35.2 Å². The largest absolute Gasteiger partial charge is 0.478 e. The summed E-state index contributed by atoms with van der Waals surface area (Å²) < 4.78 is 0.993. The van der Waals surface area contributed by atoms with Crippen molar-refractivity contribution in [1.82, 2.24) is 0 Å². The topological polar surface area (TPSA) is 40.5 Å². The average molecular weight is 350 g/mol. The number of fused-ring (bicyclic) bond motifs is 1. The summed E-state index contributed by atoms with van der Waals surface area (Å²) in [7, 11) is 0. The fraction of sp³-hybridized carbons (Fsp3) is 0.471. The number of aliphatic carboxylic acids is 1. The molecule has 3 nitrogen and oxygen atoms in total. The van der Waals surface area contributed by atoms with Crippen LogP contribution in [0, 0.1) is 0 Å². The lowest BCUT2D eigenvalue weighted by molar-refractivity contribution is -0.132. The van der Waals surface area contributed by atoms with Gasteiger partial charge < -0.3 is 10.0 Å². The van der Waals surface area contributed by atoms with Gasteiger partial charge in [-0.15, -0.1) is 0 Å². The summed E-state index contributed by atoms with van der Waals surface area (Å²) in [6.45, 7) is 0.803. The molecule has 1 heterocycles. The third kappa shape index (κ3) is 3.15. The van der Waals surface area contributed by atoms with Crippen molar-refractivity contribution >= 4 is 33.7 Å². The molecule has 0 aromatic heterocycles. The standard InChI is InChI=1S/C17H20BrNO2/c18-14-6-7-16-13(11-14)10-12(17(20)21)8-9-19(16)15-4-2-1-3-5-15/h6-7,10-11,15H,1-5,8-9H2,(H,20,21).